The van der Waals surface area contributed by atoms with Crippen LogP contribution in [0.2, 0.25) is 0 Å². The Bertz CT molecular complexity index is 765. The van der Waals surface area contributed by atoms with E-state index in [1.807, 2.05) is 0 Å². The molecule has 6 heteroatoms. The molecule has 2 aromatic rings. The van der Waals surface area contributed by atoms with E-state index in [9.17, 15) is 8.42 Å². The third-order valence-electron chi connectivity index (χ3n) is 4.28. The van der Waals surface area contributed by atoms with Crippen molar-refractivity contribution in [3.63, 3.8) is 0 Å². The molecule has 128 valence electrons. The highest BCUT2D eigenvalue weighted by atomic mass is 32.2. The van der Waals surface area contributed by atoms with Crippen LogP contribution in [0.3, 0.4) is 0 Å². The number of pyridine rings is 1. The zero-order chi connectivity index (χ0) is 17.0. The summed E-state index contributed by atoms with van der Waals surface area (Å²) in [6.07, 6.45) is 4.42. The number of hydrogen-bond acceptors (Lipinski definition) is 4. The van der Waals surface area contributed by atoms with Crippen molar-refractivity contribution < 1.29 is 8.42 Å². The Kier molecular flexibility index (Phi) is 5.16. The van der Waals surface area contributed by atoms with Gasteiger partial charge in [-0.15, -0.1) is 0 Å². The lowest BCUT2D eigenvalue weighted by molar-refractivity contribution is 0.346. The lowest BCUT2D eigenvalue weighted by atomic mass is 10.1. The zero-order valence-electron chi connectivity index (χ0n) is 13.9. The first kappa shape index (κ1) is 16.9. The fourth-order valence-corrected chi connectivity index (χ4v) is 4.25. The minimum absolute atomic E-state index is 0.269. The molecular formula is C18H23N3O2S. The maximum atomic E-state index is 12.6. The second-order valence-electron chi connectivity index (χ2n) is 6.18. The van der Waals surface area contributed by atoms with E-state index < -0.39 is 10.0 Å². The van der Waals surface area contributed by atoms with E-state index in [0.717, 1.165) is 24.8 Å². The van der Waals surface area contributed by atoms with E-state index in [1.165, 1.54) is 11.8 Å². The van der Waals surface area contributed by atoms with Crippen molar-refractivity contribution in [2.75, 3.05) is 18.4 Å². The molecule has 0 amide bonds. The monoisotopic (exact) mass is 345 g/mol. The first-order valence-electron chi connectivity index (χ1n) is 8.31. The molecular weight excluding hydrogens is 322 g/mol. The summed E-state index contributed by atoms with van der Waals surface area (Å²) in [7, 11) is -3.41. The predicted molar refractivity (Wildman–Crippen MR) is 95.4 cm³/mol. The van der Waals surface area contributed by atoms with Crippen molar-refractivity contribution in [1.82, 2.24) is 9.29 Å². The first-order chi connectivity index (χ1) is 11.6. The van der Waals surface area contributed by atoms with Gasteiger partial charge in [0, 0.05) is 25.8 Å². The number of aryl methyl sites for hydroxylation is 1. The van der Waals surface area contributed by atoms with E-state index >= 15 is 0 Å². The molecule has 1 fully saturated rings. The van der Waals surface area contributed by atoms with Crippen molar-refractivity contribution in [2.45, 2.75) is 37.6 Å². The molecule has 24 heavy (non-hydrogen) atoms. The molecule has 1 aromatic carbocycles. The van der Waals surface area contributed by atoms with Crippen LogP contribution in [0.4, 0.5) is 5.82 Å². The molecule has 2 heterocycles. The molecule has 0 unspecified atom stereocenters. The minimum Gasteiger partial charge on any atom is -0.366 e. The summed E-state index contributed by atoms with van der Waals surface area (Å²) in [5.74, 6) is 0.674. The van der Waals surface area contributed by atoms with Gasteiger partial charge >= 0.3 is 0 Å². The molecule has 1 N–H and O–H groups in total. The van der Waals surface area contributed by atoms with Crippen molar-refractivity contribution in [3.05, 3.63) is 53.7 Å². The Labute approximate surface area is 143 Å². The van der Waals surface area contributed by atoms with Gasteiger partial charge in [-0.05, 0) is 37.5 Å². The number of rotatable bonds is 5. The van der Waals surface area contributed by atoms with Crippen LogP contribution in [0.15, 0.2) is 47.5 Å². The van der Waals surface area contributed by atoms with Gasteiger partial charge in [-0.1, -0.05) is 36.2 Å². The molecule has 0 spiro atoms. The van der Waals surface area contributed by atoms with E-state index in [2.05, 4.69) is 41.5 Å². The highest BCUT2D eigenvalue weighted by molar-refractivity contribution is 7.89. The summed E-state index contributed by atoms with van der Waals surface area (Å²) in [5.41, 5.74) is 2.39. The number of anilines is 1. The summed E-state index contributed by atoms with van der Waals surface area (Å²) in [5, 5.41) is 3.22. The van der Waals surface area contributed by atoms with E-state index in [-0.39, 0.29) is 4.90 Å². The van der Waals surface area contributed by atoms with Crippen LogP contribution in [0.1, 0.15) is 30.4 Å². The first-order valence-corrected chi connectivity index (χ1v) is 9.75. The van der Waals surface area contributed by atoms with Crippen LogP contribution in [-0.2, 0) is 16.6 Å². The number of hydrogen-bond donors (Lipinski definition) is 1. The number of aromatic nitrogens is 1. The molecule has 5 nitrogen and oxygen atoms in total. The Morgan fingerprint density at radius 3 is 2.38 bits per heavy atom. The van der Waals surface area contributed by atoms with Crippen molar-refractivity contribution in [3.8, 4) is 0 Å². The maximum absolute atomic E-state index is 12.6. The Morgan fingerprint density at radius 2 is 1.75 bits per heavy atom. The molecule has 0 atom stereocenters. The van der Waals surface area contributed by atoms with E-state index in [0.29, 0.717) is 25.5 Å². The van der Waals surface area contributed by atoms with Gasteiger partial charge in [0.1, 0.15) is 10.7 Å². The summed E-state index contributed by atoms with van der Waals surface area (Å²) >= 11 is 0. The number of sulfonamides is 1. The SMILES string of the molecule is Cc1ccc(CNc2ccc(S(=O)(=O)N3CCCCC3)cn2)cc1. The molecule has 0 radical (unpaired) electrons. The van der Waals surface area contributed by atoms with Gasteiger partial charge in [-0.25, -0.2) is 13.4 Å². The second kappa shape index (κ2) is 7.32. The Hall–Kier alpha value is -1.92. The fraction of sp³-hybridized carbons (Fsp3) is 0.389. The van der Waals surface area contributed by atoms with E-state index in [1.54, 1.807) is 16.4 Å². The van der Waals surface area contributed by atoms with Gasteiger partial charge in [0.15, 0.2) is 0 Å². The highest BCUT2D eigenvalue weighted by Crippen LogP contribution is 2.20. The molecule has 0 aliphatic carbocycles. The predicted octanol–water partition coefficient (Wildman–Crippen LogP) is 3.18. The van der Waals surface area contributed by atoms with Crippen molar-refractivity contribution in [1.29, 1.82) is 0 Å². The second-order valence-corrected chi connectivity index (χ2v) is 8.12. The topological polar surface area (TPSA) is 62.3 Å². The Morgan fingerprint density at radius 1 is 1.04 bits per heavy atom. The van der Waals surface area contributed by atoms with Gasteiger partial charge in [0.25, 0.3) is 0 Å². The Balaban J connectivity index is 1.65. The molecule has 1 aromatic heterocycles. The summed E-state index contributed by atoms with van der Waals surface area (Å²) in [6.45, 7) is 3.93. The average molecular weight is 345 g/mol. The summed E-state index contributed by atoms with van der Waals surface area (Å²) in [4.78, 5) is 4.52. The van der Waals surface area contributed by atoms with Crippen LogP contribution < -0.4 is 5.32 Å². The van der Waals surface area contributed by atoms with Gasteiger partial charge in [0.05, 0.1) is 0 Å². The third-order valence-corrected chi connectivity index (χ3v) is 6.17. The smallest absolute Gasteiger partial charge is 0.244 e. The summed E-state index contributed by atoms with van der Waals surface area (Å²) < 4.78 is 26.7. The number of piperidine rings is 1. The standard InChI is InChI=1S/C18H23N3O2S/c1-15-5-7-16(8-6-15)13-19-18-10-9-17(14-20-18)24(22,23)21-11-3-2-4-12-21/h5-10,14H,2-4,11-13H2,1H3,(H,19,20). The largest absolute Gasteiger partial charge is 0.366 e. The van der Waals surface area contributed by atoms with Crippen LogP contribution in [0.5, 0.6) is 0 Å². The van der Waals surface area contributed by atoms with Crippen molar-refractivity contribution in [2.24, 2.45) is 0 Å². The minimum atomic E-state index is -3.41. The lowest BCUT2D eigenvalue weighted by Gasteiger charge is -2.25. The average Bonchev–Trinajstić information content (AvgIpc) is 2.62. The highest BCUT2D eigenvalue weighted by Gasteiger charge is 2.25. The van der Waals surface area contributed by atoms with Crippen LogP contribution in [0.25, 0.3) is 0 Å². The van der Waals surface area contributed by atoms with Gasteiger partial charge in [0.2, 0.25) is 10.0 Å². The van der Waals surface area contributed by atoms with Gasteiger partial charge in [-0.3, -0.25) is 0 Å². The lowest BCUT2D eigenvalue weighted by Crippen LogP contribution is -2.35. The molecule has 1 saturated heterocycles. The van der Waals surface area contributed by atoms with Crippen LogP contribution >= 0.6 is 0 Å². The molecule has 1 aliphatic rings. The molecule has 0 saturated carbocycles. The number of benzene rings is 1. The number of nitrogens with zero attached hydrogens (tertiary/aromatic N) is 2. The van der Waals surface area contributed by atoms with Crippen molar-refractivity contribution >= 4 is 15.8 Å². The quantitative estimate of drug-likeness (QED) is 0.904. The van der Waals surface area contributed by atoms with Gasteiger partial charge in [-0.2, -0.15) is 4.31 Å². The number of nitrogens with one attached hydrogen (secondary N) is 1. The molecule has 1 aliphatic heterocycles. The van der Waals surface area contributed by atoms with Gasteiger partial charge < -0.3 is 5.32 Å². The zero-order valence-corrected chi connectivity index (χ0v) is 14.7. The molecule has 0 bridgehead atoms. The van der Waals surface area contributed by atoms with Crippen LogP contribution in [-0.4, -0.2) is 30.8 Å². The van der Waals surface area contributed by atoms with Crippen LogP contribution in [0, 0.1) is 6.92 Å². The normalized spacial score (nSPS) is 16.0. The molecule has 3 rings (SSSR count). The van der Waals surface area contributed by atoms with E-state index in [4.69, 9.17) is 0 Å². The third kappa shape index (κ3) is 3.94. The summed E-state index contributed by atoms with van der Waals surface area (Å²) in [6, 6.07) is 11.6. The maximum Gasteiger partial charge on any atom is 0.244 e. The fourth-order valence-electron chi connectivity index (χ4n) is 2.79.